The van der Waals surface area contributed by atoms with E-state index in [1.165, 1.54) is 45.5 Å². The molecular formula is C28H29. The molecule has 0 aliphatic carbocycles. The minimum atomic E-state index is -0.0144. The summed E-state index contributed by atoms with van der Waals surface area (Å²) in [4.78, 5) is 0. The zero-order valence-electron chi connectivity index (χ0n) is 16.8. The van der Waals surface area contributed by atoms with Crippen molar-refractivity contribution in [3.05, 3.63) is 103 Å². The van der Waals surface area contributed by atoms with Crippen LogP contribution in [-0.2, 0) is 5.41 Å². The van der Waals surface area contributed by atoms with Crippen LogP contribution in [0.4, 0.5) is 0 Å². The van der Waals surface area contributed by atoms with Gasteiger partial charge in [-0.2, -0.15) is 0 Å². The van der Waals surface area contributed by atoms with Gasteiger partial charge in [0, 0.05) is 5.41 Å². The first kappa shape index (κ1) is 18.7. The lowest BCUT2D eigenvalue weighted by Gasteiger charge is -2.37. The molecule has 0 heteroatoms. The third-order valence-electron chi connectivity index (χ3n) is 6.17. The van der Waals surface area contributed by atoms with Crippen molar-refractivity contribution in [1.82, 2.24) is 0 Å². The Kier molecular flexibility index (Phi) is 5.48. The zero-order chi connectivity index (χ0) is 19.4. The van der Waals surface area contributed by atoms with Crippen LogP contribution in [-0.4, -0.2) is 0 Å². The van der Waals surface area contributed by atoms with Gasteiger partial charge in [0.25, 0.3) is 0 Å². The molecule has 4 rings (SSSR count). The van der Waals surface area contributed by atoms with Gasteiger partial charge >= 0.3 is 0 Å². The van der Waals surface area contributed by atoms with E-state index >= 15 is 0 Å². The summed E-state index contributed by atoms with van der Waals surface area (Å²) in [6.45, 7) is 6.58. The molecule has 0 nitrogen and oxygen atoms in total. The summed E-state index contributed by atoms with van der Waals surface area (Å²) in [5.41, 5.74) is 2.90. The third kappa shape index (κ3) is 3.22. The number of hydrogen-bond donors (Lipinski definition) is 0. The lowest BCUT2D eigenvalue weighted by atomic mass is 9.66. The largest absolute Gasteiger partial charge is 0.0654 e. The molecule has 0 atom stereocenters. The highest BCUT2D eigenvalue weighted by Crippen LogP contribution is 2.46. The smallest absolute Gasteiger partial charge is 0.0215 e. The summed E-state index contributed by atoms with van der Waals surface area (Å²) in [6.07, 6.45) is 5.56. The summed E-state index contributed by atoms with van der Waals surface area (Å²) < 4.78 is 0. The van der Waals surface area contributed by atoms with Crippen LogP contribution in [0.5, 0.6) is 0 Å². The van der Waals surface area contributed by atoms with Gasteiger partial charge < -0.3 is 0 Å². The van der Waals surface area contributed by atoms with Gasteiger partial charge in [-0.15, -0.1) is 0 Å². The maximum atomic E-state index is 4.29. The second-order valence-electron chi connectivity index (χ2n) is 7.84. The fourth-order valence-electron chi connectivity index (χ4n) is 4.87. The van der Waals surface area contributed by atoms with Crippen LogP contribution in [0.2, 0.25) is 0 Å². The number of rotatable bonds is 7. The quantitative estimate of drug-likeness (QED) is 0.310. The normalized spacial score (nSPS) is 11.9. The van der Waals surface area contributed by atoms with Crippen molar-refractivity contribution in [2.45, 2.75) is 44.4 Å². The zero-order valence-corrected chi connectivity index (χ0v) is 16.8. The van der Waals surface area contributed by atoms with Crippen molar-refractivity contribution < 1.29 is 0 Å². The standard InChI is InChI=1S/C28H29/c1-3-5-21-28(20-4-2,26-18-10-14-22-12-6-8-16-24(22)26)27-19-11-15-23-13-7-9-17-25(23)27/h6-19H,2-5,20-21H2,1H3. The molecule has 0 heterocycles. The summed E-state index contributed by atoms with van der Waals surface area (Å²) in [5, 5.41) is 5.40. The fraction of sp³-hybridized carbons (Fsp3) is 0.250. The molecule has 28 heavy (non-hydrogen) atoms. The molecule has 0 bridgehead atoms. The van der Waals surface area contributed by atoms with Gasteiger partial charge in [0.2, 0.25) is 0 Å². The predicted octanol–water partition coefficient (Wildman–Crippen LogP) is 8.08. The van der Waals surface area contributed by atoms with Gasteiger partial charge in [-0.3, -0.25) is 0 Å². The average Bonchev–Trinajstić information content (AvgIpc) is 2.76. The third-order valence-corrected chi connectivity index (χ3v) is 6.17. The minimum absolute atomic E-state index is 0.0144. The van der Waals surface area contributed by atoms with E-state index in [0.717, 1.165) is 19.3 Å². The molecule has 0 aromatic heterocycles. The van der Waals surface area contributed by atoms with Crippen molar-refractivity contribution in [1.29, 1.82) is 0 Å². The maximum Gasteiger partial charge on any atom is 0.0215 e. The Morgan fingerprint density at radius 3 is 1.64 bits per heavy atom. The van der Waals surface area contributed by atoms with Crippen LogP contribution in [0.25, 0.3) is 21.5 Å². The van der Waals surface area contributed by atoms with Gasteiger partial charge in [0.05, 0.1) is 0 Å². The van der Waals surface area contributed by atoms with Crippen LogP contribution in [0.3, 0.4) is 0 Å². The highest BCUT2D eigenvalue weighted by molar-refractivity contribution is 5.91. The Morgan fingerprint density at radius 2 is 1.14 bits per heavy atom. The summed E-state index contributed by atoms with van der Waals surface area (Å²) in [6, 6.07) is 31.3. The average molecular weight is 366 g/mol. The number of unbranched alkanes of at least 4 members (excludes halogenated alkanes) is 1. The van der Waals surface area contributed by atoms with E-state index in [1.54, 1.807) is 0 Å². The lowest BCUT2D eigenvalue weighted by Crippen LogP contribution is -2.28. The molecule has 0 saturated carbocycles. The van der Waals surface area contributed by atoms with Gasteiger partial charge in [-0.1, -0.05) is 118 Å². The van der Waals surface area contributed by atoms with E-state index < -0.39 is 0 Å². The predicted molar refractivity (Wildman–Crippen MR) is 123 cm³/mol. The first-order chi connectivity index (χ1) is 13.8. The van der Waals surface area contributed by atoms with Crippen LogP contribution >= 0.6 is 0 Å². The van der Waals surface area contributed by atoms with Crippen molar-refractivity contribution >= 4 is 21.5 Å². The molecule has 141 valence electrons. The summed E-state index contributed by atoms with van der Waals surface area (Å²) >= 11 is 0. The van der Waals surface area contributed by atoms with Gasteiger partial charge in [-0.05, 0) is 45.5 Å². The van der Waals surface area contributed by atoms with Crippen LogP contribution in [0.1, 0.15) is 50.2 Å². The van der Waals surface area contributed by atoms with Gasteiger partial charge in [0.1, 0.15) is 0 Å². The maximum absolute atomic E-state index is 4.29. The second-order valence-corrected chi connectivity index (χ2v) is 7.84. The van der Waals surface area contributed by atoms with Crippen LogP contribution in [0.15, 0.2) is 84.9 Å². The van der Waals surface area contributed by atoms with E-state index in [9.17, 15) is 0 Å². The van der Waals surface area contributed by atoms with Gasteiger partial charge in [-0.25, -0.2) is 0 Å². The van der Waals surface area contributed by atoms with E-state index in [2.05, 4.69) is 98.8 Å². The molecule has 0 saturated heterocycles. The first-order valence-corrected chi connectivity index (χ1v) is 10.6. The molecule has 0 aliphatic heterocycles. The molecule has 0 N–H and O–H groups in total. The van der Waals surface area contributed by atoms with Crippen molar-refractivity contribution in [3.63, 3.8) is 0 Å². The Labute approximate surface area is 169 Å². The first-order valence-electron chi connectivity index (χ1n) is 10.6. The highest BCUT2D eigenvalue weighted by Gasteiger charge is 2.35. The van der Waals surface area contributed by atoms with Crippen LogP contribution < -0.4 is 0 Å². The van der Waals surface area contributed by atoms with Crippen molar-refractivity contribution in [2.24, 2.45) is 0 Å². The number of hydrogen-bond acceptors (Lipinski definition) is 0. The lowest BCUT2D eigenvalue weighted by molar-refractivity contribution is 0.428. The number of fused-ring (bicyclic) bond motifs is 2. The monoisotopic (exact) mass is 365 g/mol. The van der Waals surface area contributed by atoms with Crippen LogP contribution in [0, 0.1) is 6.92 Å². The molecule has 0 unspecified atom stereocenters. The molecular weight excluding hydrogens is 336 g/mol. The molecule has 1 radical (unpaired) electrons. The Morgan fingerprint density at radius 1 is 0.643 bits per heavy atom. The van der Waals surface area contributed by atoms with Gasteiger partial charge in [0.15, 0.2) is 0 Å². The topological polar surface area (TPSA) is 0 Å². The number of benzene rings is 4. The molecule has 0 amide bonds. The van der Waals surface area contributed by atoms with E-state index in [1.807, 2.05) is 0 Å². The molecule has 4 aromatic rings. The SMILES string of the molecule is [CH2]CCC(CCCC)(c1cccc2ccccc12)c1cccc2ccccc12. The molecule has 0 spiro atoms. The van der Waals surface area contributed by atoms with E-state index in [-0.39, 0.29) is 5.41 Å². The summed E-state index contributed by atoms with van der Waals surface area (Å²) in [7, 11) is 0. The Balaban J connectivity index is 2.06. The van der Waals surface area contributed by atoms with Crippen molar-refractivity contribution in [3.8, 4) is 0 Å². The highest BCUT2D eigenvalue weighted by atomic mass is 14.4. The van der Waals surface area contributed by atoms with Crippen molar-refractivity contribution in [2.75, 3.05) is 0 Å². The Hall–Kier alpha value is -2.60. The van der Waals surface area contributed by atoms with E-state index in [4.69, 9.17) is 0 Å². The van der Waals surface area contributed by atoms with E-state index in [0.29, 0.717) is 0 Å². The second kappa shape index (κ2) is 8.19. The molecule has 0 aliphatic rings. The summed E-state index contributed by atoms with van der Waals surface area (Å²) in [5.74, 6) is 0. The fourth-order valence-corrected chi connectivity index (χ4v) is 4.87. The molecule has 4 aromatic carbocycles. The molecule has 0 fully saturated rings. The Bertz CT molecular complexity index is 984. The minimum Gasteiger partial charge on any atom is -0.0654 e.